The van der Waals surface area contributed by atoms with Crippen LogP contribution in [0.3, 0.4) is 0 Å². The third-order valence-corrected chi connectivity index (χ3v) is 11.6. The summed E-state index contributed by atoms with van der Waals surface area (Å²) in [7, 11) is 4.60. The number of aromatic nitrogens is 5. The number of phenolic OH excluding ortho intramolecular Hbond substituents is 1. The molecule has 0 spiro atoms. The summed E-state index contributed by atoms with van der Waals surface area (Å²) in [5.74, 6) is -1.72. The van der Waals surface area contributed by atoms with Crippen molar-refractivity contribution < 1.29 is 24.2 Å². The second kappa shape index (κ2) is 12.5. The quantitative estimate of drug-likeness (QED) is 0.192. The van der Waals surface area contributed by atoms with Gasteiger partial charge in [0, 0.05) is 48.1 Å². The number of rotatable bonds is 7. The van der Waals surface area contributed by atoms with Gasteiger partial charge in [-0.15, -0.1) is 0 Å². The van der Waals surface area contributed by atoms with Gasteiger partial charge in [-0.2, -0.15) is 0 Å². The van der Waals surface area contributed by atoms with Crippen molar-refractivity contribution in [3.8, 4) is 17.2 Å². The maximum absolute atomic E-state index is 14.5. The van der Waals surface area contributed by atoms with E-state index < -0.39 is 46.5 Å². The number of anilines is 1. The molecule has 2 amide bonds. The zero-order valence-electron chi connectivity index (χ0n) is 29.3. The highest BCUT2D eigenvalue weighted by Gasteiger charge is 2.65. The van der Waals surface area contributed by atoms with E-state index in [0.29, 0.717) is 43.8 Å². The van der Waals surface area contributed by atoms with Gasteiger partial charge in [0.25, 0.3) is 5.56 Å². The molecule has 4 heterocycles. The maximum Gasteiger partial charge on any atom is 0.347 e. The van der Waals surface area contributed by atoms with Gasteiger partial charge in [0.05, 0.1) is 54.9 Å². The van der Waals surface area contributed by atoms with Gasteiger partial charge in [0.1, 0.15) is 11.4 Å². The summed E-state index contributed by atoms with van der Waals surface area (Å²) in [5, 5.41) is 11.3. The SMILES string of the molecule is COc1cc2nc(CCn3c(=O)n4n(c3=O)[C@@H]3C[C@H]5C(=O)N(c6ccccc6)C(=O)[C@@]5(C)[C@@H](c5cc(Br)ccc5O)C3=CC4)c(=O)n(C)c2cc1OC. The molecule has 4 atom stereocenters. The average Bonchev–Trinajstić information content (AvgIpc) is 3.52. The number of methoxy groups -OCH3 is 2. The number of aromatic hydroxyl groups is 1. The molecule has 272 valence electrons. The van der Waals surface area contributed by atoms with Crippen molar-refractivity contribution in [2.75, 3.05) is 19.1 Å². The summed E-state index contributed by atoms with van der Waals surface area (Å²) in [6, 6.07) is 16.2. The number of fused-ring (bicyclic) bond motifs is 5. The van der Waals surface area contributed by atoms with Crippen LogP contribution in [0.5, 0.6) is 17.2 Å². The van der Waals surface area contributed by atoms with Gasteiger partial charge in [-0.05, 0) is 49.2 Å². The zero-order chi connectivity index (χ0) is 37.5. The smallest absolute Gasteiger partial charge is 0.347 e. The Balaban J connectivity index is 1.21. The Labute approximate surface area is 310 Å². The molecule has 1 aliphatic carbocycles. The van der Waals surface area contributed by atoms with Crippen LogP contribution in [0.1, 0.15) is 36.6 Å². The van der Waals surface area contributed by atoms with E-state index in [1.165, 1.54) is 39.1 Å². The molecule has 53 heavy (non-hydrogen) atoms. The Hall–Kier alpha value is -5.70. The number of benzene rings is 3. The topological polar surface area (TPSA) is 160 Å². The lowest BCUT2D eigenvalue weighted by Crippen LogP contribution is -2.49. The Morgan fingerprint density at radius 2 is 1.68 bits per heavy atom. The Kier molecular flexibility index (Phi) is 8.09. The van der Waals surface area contributed by atoms with Crippen LogP contribution in [0.15, 0.2) is 91.2 Å². The summed E-state index contributed by atoms with van der Waals surface area (Å²) in [6.07, 6.45) is 1.88. The molecule has 15 heteroatoms. The molecule has 0 radical (unpaired) electrons. The average molecular weight is 784 g/mol. The van der Waals surface area contributed by atoms with Crippen LogP contribution in [0.2, 0.25) is 0 Å². The van der Waals surface area contributed by atoms with Crippen LogP contribution < -0.4 is 31.3 Å². The Bertz CT molecular complexity index is 2590. The van der Waals surface area contributed by atoms with Crippen molar-refractivity contribution in [1.82, 2.24) is 23.5 Å². The first-order valence-corrected chi connectivity index (χ1v) is 17.9. The summed E-state index contributed by atoms with van der Waals surface area (Å²) in [4.78, 5) is 76.3. The normalized spacial score (nSPS) is 22.0. The van der Waals surface area contributed by atoms with E-state index >= 15 is 0 Å². The van der Waals surface area contributed by atoms with E-state index in [4.69, 9.17) is 9.47 Å². The molecule has 5 aromatic rings. The van der Waals surface area contributed by atoms with E-state index in [0.717, 1.165) is 4.57 Å². The van der Waals surface area contributed by atoms with Gasteiger partial charge >= 0.3 is 11.4 Å². The molecule has 2 aliphatic heterocycles. The van der Waals surface area contributed by atoms with Gasteiger partial charge < -0.3 is 19.1 Å². The first-order chi connectivity index (χ1) is 25.4. The molecule has 0 unspecified atom stereocenters. The van der Waals surface area contributed by atoms with Gasteiger partial charge in [-0.3, -0.25) is 14.4 Å². The first kappa shape index (κ1) is 34.4. The molecule has 2 fully saturated rings. The Morgan fingerprint density at radius 3 is 2.40 bits per heavy atom. The van der Waals surface area contributed by atoms with Crippen LogP contribution in [0.4, 0.5) is 5.69 Å². The van der Waals surface area contributed by atoms with Crippen molar-refractivity contribution in [2.45, 2.75) is 44.8 Å². The second-order valence-electron chi connectivity index (χ2n) is 13.8. The zero-order valence-corrected chi connectivity index (χ0v) is 30.9. The number of hydrogen-bond acceptors (Lipinski definition) is 9. The van der Waals surface area contributed by atoms with Crippen molar-refractivity contribution in [1.29, 1.82) is 0 Å². The second-order valence-corrected chi connectivity index (χ2v) is 14.7. The molecule has 1 N–H and O–H groups in total. The molecule has 3 aromatic carbocycles. The lowest BCUT2D eigenvalue weighted by molar-refractivity contribution is -0.129. The molecular formula is C38H35BrN6O8. The number of carbonyl (C=O) groups excluding carboxylic acids is 2. The number of para-hydroxylation sites is 1. The minimum absolute atomic E-state index is 0.0150. The fraction of sp³-hybridized carbons (Fsp3) is 0.316. The monoisotopic (exact) mass is 782 g/mol. The number of halogens is 1. The van der Waals surface area contributed by atoms with Crippen molar-refractivity contribution in [3.05, 3.63) is 119 Å². The molecule has 1 saturated heterocycles. The predicted molar refractivity (Wildman–Crippen MR) is 198 cm³/mol. The number of carbonyl (C=O) groups is 2. The first-order valence-electron chi connectivity index (χ1n) is 17.1. The fourth-order valence-electron chi connectivity index (χ4n) is 8.53. The fourth-order valence-corrected chi connectivity index (χ4v) is 8.91. The van der Waals surface area contributed by atoms with Gasteiger partial charge in [0.2, 0.25) is 11.8 Å². The third kappa shape index (κ3) is 4.96. The van der Waals surface area contributed by atoms with Crippen molar-refractivity contribution >= 4 is 44.5 Å². The van der Waals surface area contributed by atoms with Crippen molar-refractivity contribution in [3.63, 3.8) is 0 Å². The van der Waals surface area contributed by atoms with Crippen LogP contribution in [0, 0.1) is 11.3 Å². The molecule has 1 saturated carbocycles. The van der Waals surface area contributed by atoms with Crippen LogP contribution >= 0.6 is 15.9 Å². The number of aryl methyl sites for hydroxylation is 2. The van der Waals surface area contributed by atoms with Gasteiger partial charge in [-0.25, -0.2) is 33.4 Å². The number of ether oxygens (including phenoxy) is 2. The largest absolute Gasteiger partial charge is 0.508 e. The molecule has 8 rings (SSSR count). The van der Waals surface area contributed by atoms with Crippen LogP contribution in [-0.2, 0) is 36.1 Å². The minimum atomic E-state index is -1.32. The van der Waals surface area contributed by atoms with E-state index in [1.807, 2.05) is 6.08 Å². The number of imide groups is 1. The number of phenols is 1. The molecule has 3 aliphatic rings. The van der Waals surface area contributed by atoms with E-state index in [-0.39, 0.29) is 42.9 Å². The van der Waals surface area contributed by atoms with E-state index in [9.17, 15) is 29.1 Å². The summed E-state index contributed by atoms with van der Waals surface area (Å²) in [5.41, 5.74) is -0.251. The molecule has 14 nitrogen and oxygen atoms in total. The summed E-state index contributed by atoms with van der Waals surface area (Å²) < 4.78 is 16.7. The minimum Gasteiger partial charge on any atom is -0.508 e. The van der Waals surface area contributed by atoms with E-state index in [2.05, 4.69) is 20.9 Å². The molecule has 0 bridgehead atoms. The highest BCUT2D eigenvalue weighted by atomic mass is 79.9. The predicted octanol–water partition coefficient (Wildman–Crippen LogP) is 3.65. The standard InChI is InChI=1S/C38H35BrN6O8/c1-38-24(33(47)44(35(38)49)21-8-6-5-7-9-21)17-27-22(32(38)23-16-20(39)10-11-29(23)46)12-15-43-36(50)42(37(51)45(27)43)14-13-25-34(48)41(2)28-19-31(53-4)30(52-3)18-26(28)40-25/h5-12,16,18-19,24,27,32,46H,13-15,17H2,1-4H3/t24-,27+,32+,38+/m0/s1. The van der Waals surface area contributed by atoms with Gasteiger partial charge in [0.15, 0.2) is 11.5 Å². The maximum atomic E-state index is 14.5. The highest BCUT2D eigenvalue weighted by molar-refractivity contribution is 9.10. The number of nitrogens with zero attached hydrogens (tertiary/aromatic N) is 6. The van der Waals surface area contributed by atoms with Gasteiger partial charge in [-0.1, -0.05) is 40.2 Å². The lowest BCUT2D eigenvalue weighted by Gasteiger charge is -2.47. The van der Waals surface area contributed by atoms with Crippen LogP contribution in [0.25, 0.3) is 11.0 Å². The summed E-state index contributed by atoms with van der Waals surface area (Å²) in [6.45, 7) is 1.63. The van der Waals surface area contributed by atoms with Crippen LogP contribution in [-0.4, -0.2) is 54.6 Å². The lowest BCUT2D eigenvalue weighted by atomic mass is 9.56. The summed E-state index contributed by atoms with van der Waals surface area (Å²) >= 11 is 3.50. The molecule has 2 aromatic heterocycles. The number of hydrogen-bond donors (Lipinski definition) is 1. The van der Waals surface area contributed by atoms with Crippen molar-refractivity contribution in [2.24, 2.45) is 18.4 Å². The number of amides is 2. The third-order valence-electron chi connectivity index (χ3n) is 11.2. The Morgan fingerprint density at radius 1 is 0.962 bits per heavy atom. The van der Waals surface area contributed by atoms with E-state index in [1.54, 1.807) is 68.6 Å². The number of allylic oxidation sites excluding steroid dienone is 2. The highest BCUT2D eigenvalue weighted by Crippen LogP contribution is 2.62. The molecular weight excluding hydrogens is 748 g/mol.